The maximum absolute atomic E-state index is 12.3. The van der Waals surface area contributed by atoms with Gasteiger partial charge in [-0.05, 0) is 128 Å². The van der Waals surface area contributed by atoms with E-state index < -0.39 is 0 Å². The highest BCUT2D eigenvalue weighted by atomic mass is 16.5. The van der Waals surface area contributed by atoms with Gasteiger partial charge in [0.25, 0.3) is 0 Å². The zero-order valence-corrected chi connectivity index (χ0v) is 28.4. The third kappa shape index (κ3) is 9.21. The van der Waals surface area contributed by atoms with Gasteiger partial charge < -0.3 is 4.74 Å². The number of aryl methyl sites for hydroxylation is 2. The van der Waals surface area contributed by atoms with Crippen LogP contribution < -0.4 is 4.74 Å². The standard InChI is InChI=1S/C41H62O2/c1-6-8-10-11-13-17-40(42)43-37-23-25-39(32(4)30-37)35-20-24-38(31(3)29-35)33(5)34-18-21-36(22-19-34)41(26-14-9-7-2)27-15-12-16-28-41/h20,23-25,29-30,33-34,36H,6-19,21-22,26-28H2,1-5H3/t33?,34-,36-. The van der Waals surface area contributed by atoms with E-state index in [1.807, 2.05) is 12.1 Å². The molecule has 0 bridgehead atoms. The first-order chi connectivity index (χ1) is 20.9. The van der Waals surface area contributed by atoms with Gasteiger partial charge in [0, 0.05) is 6.42 Å². The second kappa shape index (κ2) is 16.8. The smallest absolute Gasteiger partial charge is 0.311 e. The molecule has 2 saturated carbocycles. The Hall–Kier alpha value is -2.09. The lowest BCUT2D eigenvalue weighted by molar-refractivity contribution is -0.134. The first kappa shape index (κ1) is 33.8. The molecule has 0 aliphatic heterocycles. The predicted octanol–water partition coefficient (Wildman–Crippen LogP) is 12.7. The van der Waals surface area contributed by atoms with Crippen LogP contribution in [0.25, 0.3) is 11.1 Å². The summed E-state index contributed by atoms with van der Waals surface area (Å²) in [6.07, 6.45) is 25.0. The molecule has 2 fully saturated rings. The molecule has 2 nitrogen and oxygen atoms in total. The molecule has 0 spiro atoms. The molecule has 2 aromatic rings. The van der Waals surface area contributed by atoms with Gasteiger partial charge in [0.05, 0.1) is 0 Å². The van der Waals surface area contributed by atoms with E-state index in [0.29, 0.717) is 23.5 Å². The molecule has 43 heavy (non-hydrogen) atoms. The van der Waals surface area contributed by atoms with E-state index in [1.165, 1.54) is 125 Å². The van der Waals surface area contributed by atoms with Crippen molar-refractivity contribution in [3.63, 3.8) is 0 Å². The summed E-state index contributed by atoms with van der Waals surface area (Å²) < 4.78 is 5.67. The molecule has 0 heterocycles. The van der Waals surface area contributed by atoms with Gasteiger partial charge in [0.2, 0.25) is 0 Å². The van der Waals surface area contributed by atoms with Crippen LogP contribution in [0.5, 0.6) is 5.75 Å². The molecule has 0 N–H and O–H groups in total. The summed E-state index contributed by atoms with van der Waals surface area (Å²) in [7, 11) is 0. The molecule has 2 aromatic carbocycles. The number of carbonyl (C=O) groups excluding carboxylic acids is 1. The van der Waals surface area contributed by atoms with E-state index >= 15 is 0 Å². The highest BCUT2D eigenvalue weighted by molar-refractivity contribution is 5.74. The fourth-order valence-electron chi connectivity index (χ4n) is 8.76. The van der Waals surface area contributed by atoms with Crippen LogP contribution in [0.1, 0.15) is 165 Å². The summed E-state index contributed by atoms with van der Waals surface area (Å²) >= 11 is 0. The molecule has 0 amide bonds. The minimum absolute atomic E-state index is 0.114. The normalized spacial score (nSPS) is 21.0. The summed E-state index contributed by atoms with van der Waals surface area (Å²) in [4.78, 5) is 12.3. The molecule has 2 aliphatic carbocycles. The minimum atomic E-state index is -0.114. The highest BCUT2D eigenvalue weighted by Gasteiger charge is 2.41. The maximum atomic E-state index is 12.3. The van der Waals surface area contributed by atoms with E-state index in [0.717, 1.165) is 30.2 Å². The summed E-state index contributed by atoms with van der Waals surface area (Å²) in [6, 6.07) is 13.2. The first-order valence-electron chi connectivity index (χ1n) is 18.3. The van der Waals surface area contributed by atoms with Crippen molar-refractivity contribution in [1.29, 1.82) is 0 Å². The van der Waals surface area contributed by atoms with Crippen LogP contribution in [-0.4, -0.2) is 5.97 Å². The van der Waals surface area contributed by atoms with E-state index in [-0.39, 0.29) is 5.97 Å². The molecular formula is C41H62O2. The Bertz CT molecular complexity index is 1130. The number of hydrogen-bond donors (Lipinski definition) is 0. The predicted molar refractivity (Wildman–Crippen MR) is 184 cm³/mol. The number of ether oxygens (including phenoxy) is 1. The largest absolute Gasteiger partial charge is 0.427 e. The number of unbranched alkanes of at least 4 members (excludes halogenated alkanes) is 6. The van der Waals surface area contributed by atoms with E-state index in [2.05, 4.69) is 58.9 Å². The van der Waals surface area contributed by atoms with Gasteiger partial charge in [-0.3, -0.25) is 4.79 Å². The monoisotopic (exact) mass is 586 g/mol. The second-order valence-electron chi connectivity index (χ2n) is 14.5. The van der Waals surface area contributed by atoms with E-state index in [1.54, 1.807) is 0 Å². The lowest BCUT2D eigenvalue weighted by Gasteiger charge is -2.47. The van der Waals surface area contributed by atoms with Gasteiger partial charge in [-0.25, -0.2) is 0 Å². The summed E-state index contributed by atoms with van der Waals surface area (Å²) in [5.74, 6) is 2.93. The Morgan fingerprint density at radius 1 is 0.814 bits per heavy atom. The Morgan fingerprint density at radius 3 is 2.19 bits per heavy atom. The van der Waals surface area contributed by atoms with Crippen LogP contribution in [-0.2, 0) is 4.79 Å². The number of benzene rings is 2. The summed E-state index contributed by atoms with van der Waals surface area (Å²) in [6.45, 7) is 11.5. The molecule has 2 heteroatoms. The molecule has 0 radical (unpaired) electrons. The molecular weight excluding hydrogens is 524 g/mol. The number of carbonyl (C=O) groups is 1. The van der Waals surface area contributed by atoms with Crippen LogP contribution in [0.3, 0.4) is 0 Å². The van der Waals surface area contributed by atoms with E-state index in [4.69, 9.17) is 4.74 Å². The first-order valence-corrected chi connectivity index (χ1v) is 18.3. The van der Waals surface area contributed by atoms with Gasteiger partial charge in [-0.15, -0.1) is 0 Å². The fraction of sp³-hybridized carbons (Fsp3) is 0.683. The van der Waals surface area contributed by atoms with Crippen LogP contribution in [0.2, 0.25) is 0 Å². The Labute approximate surface area is 264 Å². The maximum Gasteiger partial charge on any atom is 0.311 e. The topological polar surface area (TPSA) is 26.3 Å². The van der Waals surface area contributed by atoms with Crippen molar-refractivity contribution in [2.24, 2.45) is 17.3 Å². The van der Waals surface area contributed by atoms with Crippen LogP contribution >= 0.6 is 0 Å². The zero-order chi connectivity index (χ0) is 30.7. The van der Waals surface area contributed by atoms with Gasteiger partial charge in [0.1, 0.15) is 5.75 Å². The van der Waals surface area contributed by atoms with Gasteiger partial charge >= 0.3 is 5.97 Å². The fourth-order valence-corrected chi connectivity index (χ4v) is 8.76. The number of rotatable bonds is 15. The lowest BCUT2D eigenvalue weighted by Crippen LogP contribution is -2.36. The van der Waals surface area contributed by atoms with Gasteiger partial charge in [-0.1, -0.05) is 109 Å². The molecule has 0 aromatic heterocycles. The Balaban J connectivity index is 1.34. The quantitative estimate of drug-likeness (QED) is 0.118. The Morgan fingerprint density at radius 2 is 1.51 bits per heavy atom. The average Bonchev–Trinajstić information content (AvgIpc) is 3.01. The molecule has 2 aliphatic rings. The average molecular weight is 587 g/mol. The van der Waals surface area contributed by atoms with Crippen molar-refractivity contribution in [2.45, 2.75) is 163 Å². The van der Waals surface area contributed by atoms with Crippen molar-refractivity contribution >= 4 is 5.97 Å². The van der Waals surface area contributed by atoms with Crippen LogP contribution in [0.4, 0.5) is 0 Å². The third-order valence-corrected chi connectivity index (χ3v) is 11.5. The number of esters is 1. The van der Waals surface area contributed by atoms with Crippen LogP contribution in [0, 0.1) is 31.1 Å². The molecule has 0 saturated heterocycles. The van der Waals surface area contributed by atoms with Crippen LogP contribution in [0.15, 0.2) is 36.4 Å². The van der Waals surface area contributed by atoms with E-state index in [9.17, 15) is 4.79 Å². The van der Waals surface area contributed by atoms with Crippen molar-refractivity contribution < 1.29 is 9.53 Å². The molecule has 238 valence electrons. The summed E-state index contributed by atoms with van der Waals surface area (Å²) in [5, 5.41) is 0. The minimum Gasteiger partial charge on any atom is -0.427 e. The SMILES string of the molecule is CCCCCCCC(=O)Oc1ccc(-c2ccc(C(C)[C@H]3CC[C@H](C4(CCCCC)CCCCC4)CC3)c(C)c2)c(C)c1. The third-order valence-electron chi connectivity index (χ3n) is 11.5. The van der Waals surface area contributed by atoms with Crippen molar-refractivity contribution in [3.8, 4) is 16.9 Å². The second-order valence-corrected chi connectivity index (χ2v) is 14.5. The molecule has 1 unspecified atom stereocenters. The number of hydrogen-bond acceptors (Lipinski definition) is 2. The zero-order valence-electron chi connectivity index (χ0n) is 28.4. The molecule has 1 atom stereocenters. The van der Waals surface area contributed by atoms with Crippen molar-refractivity contribution in [3.05, 3.63) is 53.1 Å². The van der Waals surface area contributed by atoms with Crippen molar-refractivity contribution in [1.82, 2.24) is 0 Å². The highest BCUT2D eigenvalue weighted by Crippen LogP contribution is 2.53. The lowest BCUT2D eigenvalue weighted by atomic mass is 9.58. The van der Waals surface area contributed by atoms with Gasteiger partial charge in [-0.2, -0.15) is 0 Å². The van der Waals surface area contributed by atoms with Gasteiger partial charge in [0.15, 0.2) is 0 Å². The Kier molecular flexibility index (Phi) is 13.2. The summed E-state index contributed by atoms with van der Waals surface area (Å²) in [5.41, 5.74) is 7.25. The van der Waals surface area contributed by atoms with Crippen molar-refractivity contribution in [2.75, 3.05) is 0 Å². The molecule has 4 rings (SSSR count).